The lowest BCUT2D eigenvalue weighted by Gasteiger charge is -2.09. The van der Waals surface area contributed by atoms with Gasteiger partial charge in [-0.25, -0.2) is 4.68 Å². The first-order valence-corrected chi connectivity index (χ1v) is 9.35. The number of nitrogens with zero attached hydrogens (tertiary/aromatic N) is 2. The fourth-order valence-electron chi connectivity index (χ4n) is 3.13. The number of hydrogen-bond donors (Lipinski definition) is 3. The van der Waals surface area contributed by atoms with Gasteiger partial charge >= 0.3 is 0 Å². The largest absolute Gasteiger partial charge is 0.506 e. The number of nitrogens with one attached hydrogen (secondary N) is 2. The molecule has 4 rings (SSSR count). The highest BCUT2D eigenvalue weighted by molar-refractivity contribution is 6.32. The summed E-state index contributed by atoms with van der Waals surface area (Å²) in [5.41, 5.74) is 0.511. The van der Waals surface area contributed by atoms with Crippen molar-refractivity contribution >= 4 is 34.2 Å². The fourth-order valence-corrected chi connectivity index (χ4v) is 3.39. The van der Waals surface area contributed by atoms with Crippen molar-refractivity contribution in [3.8, 4) is 11.5 Å². The number of rotatable bonds is 5. The summed E-state index contributed by atoms with van der Waals surface area (Å²) in [6.07, 6.45) is 1.41. The Morgan fingerprint density at radius 1 is 1.27 bits per heavy atom. The first-order valence-electron chi connectivity index (χ1n) is 8.97. The molecule has 0 unspecified atom stereocenters. The van der Waals surface area contributed by atoms with Crippen LogP contribution >= 0.6 is 11.6 Å². The molecule has 0 aliphatic rings. The maximum Gasteiger partial charge on any atom is 0.266 e. The Hall–Kier alpha value is -3.78. The number of fused-ring (bicyclic) bond motifs is 1. The van der Waals surface area contributed by atoms with E-state index in [0.717, 1.165) is 5.56 Å². The van der Waals surface area contributed by atoms with Crippen molar-refractivity contribution in [1.82, 2.24) is 14.8 Å². The summed E-state index contributed by atoms with van der Waals surface area (Å²) in [5.74, 6) is -0.763. The van der Waals surface area contributed by atoms with Crippen LogP contribution in [0.5, 0.6) is 11.5 Å². The topological polar surface area (TPSA) is 109 Å². The standard InChI is InChI=1S/C21H17ClN4O4/c1-30-16-8-7-13(9-15(16)22)24-20(28)17-18(27)14-10-23-26(19(14)25-21(17)29)11-12-5-3-2-4-6-12/h2-10H,11H2,1H3,(H,24,28)(H2,25,27,29). The second kappa shape index (κ2) is 7.92. The predicted molar refractivity (Wildman–Crippen MR) is 114 cm³/mol. The van der Waals surface area contributed by atoms with Crippen LogP contribution in [0.15, 0.2) is 59.5 Å². The smallest absolute Gasteiger partial charge is 0.266 e. The highest BCUT2D eigenvalue weighted by atomic mass is 35.5. The number of H-pyrrole nitrogens is 1. The van der Waals surface area contributed by atoms with Crippen molar-refractivity contribution in [3.05, 3.63) is 81.2 Å². The van der Waals surface area contributed by atoms with Crippen molar-refractivity contribution in [1.29, 1.82) is 0 Å². The number of benzene rings is 2. The first-order chi connectivity index (χ1) is 14.5. The van der Waals surface area contributed by atoms with E-state index in [-0.39, 0.29) is 5.39 Å². The number of methoxy groups -OCH3 is 1. The summed E-state index contributed by atoms with van der Waals surface area (Å²) in [4.78, 5) is 27.9. The van der Waals surface area contributed by atoms with Gasteiger partial charge in [0.1, 0.15) is 22.7 Å². The summed E-state index contributed by atoms with van der Waals surface area (Å²) in [6.45, 7) is 0.398. The molecule has 1 amide bonds. The molecule has 9 heteroatoms. The van der Waals surface area contributed by atoms with Crippen molar-refractivity contribution in [2.45, 2.75) is 6.54 Å². The SMILES string of the molecule is COc1ccc(NC(=O)c2c(O)c3cnn(Cc4ccccc4)c3[nH]c2=O)cc1Cl. The summed E-state index contributed by atoms with van der Waals surface area (Å²) < 4.78 is 6.62. The molecule has 0 bridgehead atoms. The third-order valence-electron chi connectivity index (χ3n) is 4.60. The minimum atomic E-state index is -0.771. The van der Waals surface area contributed by atoms with Gasteiger partial charge in [0.05, 0.1) is 30.3 Å². The van der Waals surface area contributed by atoms with E-state index >= 15 is 0 Å². The Kier molecular flexibility index (Phi) is 5.16. The molecule has 8 nitrogen and oxygen atoms in total. The monoisotopic (exact) mass is 424 g/mol. The van der Waals surface area contributed by atoms with Gasteiger partial charge in [-0.2, -0.15) is 5.10 Å². The van der Waals surface area contributed by atoms with Gasteiger partial charge in [0, 0.05) is 5.69 Å². The van der Waals surface area contributed by atoms with Crippen LogP contribution in [0.4, 0.5) is 5.69 Å². The molecule has 2 aromatic heterocycles. The maximum absolute atomic E-state index is 12.7. The molecule has 152 valence electrons. The van der Waals surface area contributed by atoms with Gasteiger partial charge in [-0.1, -0.05) is 41.9 Å². The number of carbonyl (C=O) groups is 1. The summed E-state index contributed by atoms with van der Waals surface area (Å²) >= 11 is 6.06. The lowest BCUT2D eigenvalue weighted by Crippen LogP contribution is -2.24. The Bertz CT molecular complexity index is 1300. The van der Waals surface area contributed by atoms with Crippen molar-refractivity contribution < 1.29 is 14.6 Å². The minimum absolute atomic E-state index is 0.267. The van der Waals surface area contributed by atoms with E-state index in [4.69, 9.17) is 16.3 Å². The number of halogens is 1. The van der Waals surface area contributed by atoms with E-state index < -0.39 is 22.8 Å². The van der Waals surface area contributed by atoms with Gasteiger partial charge in [-0.3, -0.25) is 9.59 Å². The van der Waals surface area contributed by atoms with Crippen molar-refractivity contribution in [3.63, 3.8) is 0 Å². The average Bonchev–Trinajstić information content (AvgIpc) is 3.11. The van der Waals surface area contributed by atoms with Gasteiger partial charge in [0.15, 0.2) is 0 Å². The molecule has 0 saturated heterocycles. The van der Waals surface area contributed by atoms with E-state index in [0.29, 0.717) is 28.7 Å². The zero-order valence-electron chi connectivity index (χ0n) is 15.8. The van der Waals surface area contributed by atoms with Crippen LogP contribution in [0, 0.1) is 0 Å². The molecule has 4 aromatic rings. The molecule has 2 aromatic carbocycles. The summed E-state index contributed by atoms with van der Waals surface area (Å²) in [6, 6.07) is 14.2. The van der Waals surface area contributed by atoms with Crippen LogP contribution < -0.4 is 15.6 Å². The molecule has 0 aliphatic heterocycles. The number of aromatic amines is 1. The lowest BCUT2D eigenvalue weighted by atomic mass is 10.2. The van der Waals surface area contributed by atoms with Gasteiger partial charge in [-0.05, 0) is 23.8 Å². The summed E-state index contributed by atoms with van der Waals surface area (Å²) in [7, 11) is 1.48. The van der Waals surface area contributed by atoms with E-state index in [9.17, 15) is 14.7 Å². The molecule has 2 heterocycles. The Morgan fingerprint density at radius 3 is 2.73 bits per heavy atom. The molecule has 30 heavy (non-hydrogen) atoms. The number of amides is 1. The maximum atomic E-state index is 12.7. The lowest BCUT2D eigenvalue weighted by molar-refractivity contribution is 0.102. The molecular formula is C21H17ClN4O4. The van der Waals surface area contributed by atoms with E-state index in [1.807, 2.05) is 30.3 Å². The van der Waals surface area contributed by atoms with Crippen molar-refractivity contribution in [2.75, 3.05) is 12.4 Å². The molecular weight excluding hydrogens is 408 g/mol. The molecule has 0 spiro atoms. The molecule has 0 radical (unpaired) electrons. The highest BCUT2D eigenvalue weighted by Crippen LogP contribution is 2.29. The first kappa shape index (κ1) is 19.5. The summed E-state index contributed by atoms with van der Waals surface area (Å²) in [5, 5.41) is 18.0. The molecule has 0 atom stereocenters. The Balaban J connectivity index is 1.67. The van der Waals surface area contributed by atoms with Crippen LogP contribution in [0.1, 0.15) is 15.9 Å². The van der Waals surface area contributed by atoms with E-state index in [1.54, 1.807) is 16.8 Å². The second-order valence-corrected chi connectivity index (χ2v) is 6.94. The number of ether oxygens (including phenoxy) is 1. The number of anilines is 1. The molecule has 3 N–H and O–H groups in total. The predicted octanol–water partition coefficient (Wildman–Crippen LogP) is 3.39. The van der Waals surface area contributed by atoms with E-state index in [2.05, 4.69) is 15.4 Å². The van der Waals surface area contributed by atoms with Crippen LogP contribution in [0.2, 0.25) is 5.02 Å². The third kappa shape index (κ3) is 3.60. The van der Waals surface area contributed by atoms with Crippen LogP contribution in [-0.2, 0) is 6.54 Å². The second-order valence-electron chi connectivity index (χ2n) is 6.53. The number of pyridine rings is 1. The quantitative estimate of drug-likeness (QED) is 0.455. The third-order valence-corrected chi connectivity index (χ3v) is 4.90. The van der Waals surface area contributed by atoms with Gasteiger partial charge in [0.25, 0.3) is 11.5 Å². The number of hydrogen-bond acceptors (Lipinski definition) is 5. The van der Waals surface area contributed by atoms with Crippen LogP contribution in [0.3, 0.4) is 0 Å². The van der Waals surface area contributed by atoms with E-state index in [1.165, 1.54) is 19.4 Å². The fraction of sp³-hybridized carbons (Fsp3) is 0.0952. The Morgan fingerprint density at radius 2 is 2.03 bits per heavy atom. The minimum Gasteiger partial charge on any atom is -0.506 e. The van der Waals surface area contributed by atoms with Gasteiger partial charge in [0.2, 0.25) is 0 Å². The normalized spacial score (nSPS) is 10.9. The highest BCUT2D eigenvalue weighted by Gasteiger charge is 2.22. The zero-order chi connectivity index (χ0) is 21.3. The number of aromatic nitrogens is 3. The molecule has 0 saturated carbocycles. The Labute approximate surface area is 175 Å². The average molecular weight is 425 g/mol. The zero-order valence-corrected chi connectivity index (χ0v) is 16.6. The van der Waals surface area contributed by atoms with Crippen LogP contribution in [0.25, 0.3) is 11.0 Å². The molecule has 0 aliphatic carbocycles. The van der Waals surface area contributed by atoms with Gasteiger partial charge < -0.3 is 20.1 Å². The molecule has 0 fully saturated rings. The van der Waals surface area contributed by atoms with Gasteiger partial charge in [-0.15, -0.1) is 0 Å². The van der Waals surface area contributed by atoms with Crippen LogP contribution in [-0.4, -0.2) is 32.9 Å². The van der Waals surface area contributed by atoms with Crippen molar-refractivity contribution in [2.24, 2.45) is 0 Å². The number of aromatic hydroxyl groups is 1. The number of carbonyl (C=O) groups excluding carboxylic acids is 1.